The van der Waals surface area contributed by atoms with Gasteiger partial charge in [-0.3, -0.25) is 14.4 Å². The van der Waals surface area contributed by atoms with Crippen molar-refractivity contribution in [3.8, 4) is 0 Å². The molecule has 3 saturated carbocycles. The molecule has 5 nitrogen and oxygen atoms in total. The first kappa shape index (κ1) is 26.9. The van der Waals surface area contributed by atoms with Gasteiger partial charge in [0.15, 0.2) is 0 Å². The Morgan fingerprint density at radius 3 is 2.41 bits per heavy atom. The van der Waals surface area contributed by atoms with E-state index in [0.717, 1.165) is 44.9 Å². The third kappa shape index (κ3) is 3.57. The highest BCUT2D eigenvalue weighted by molar-refractivity contribution is 5.86. The molecule has 5 heteroatoms. The van der Waals surface area contributed by atoms with Gasteiger partial charge in [-0.2, -0.15) is 0 Å². The van der Waals surface area contributed by atoms with Crippen LogP contribution in [0.4, 0.5) is 0 Å². The molecular formula is C32H48O5. The fourth-order valence-corrected chi connectivity index (χ4v) is 10.5. The van der Waals surface area contributed by atoms with E-state index in [2.05, 4.69) is 54.5 Å². The van der Waals surface area contributed by atoms with Gasteiger partial charge in [-0.1, -0.05) is 53.2 Å². The number of carbonyl (C=O) groups excluding carboxylic acids is 3. The molecule has 0 N–H and O–H groups in total. The standard InChI is InChI=1S/C32H48O5/c1-19(2)17-21(36-20(3)33)18-31(8)25-12-15-30(7)23-9-10-24-28(4,5)26(34)13-14-29(24,6)22(23)11-16-32(25,30)27(35)37-31/h11,19,21,23-25H,9-10,12-18H2,1-8H3. The summed E-state index contributed by atoms with van der Waals surface area (Å²) in [5, 5.41) is 0. The fourth-order valence-electron chi connectivity index (χ4n) is 10.5. The van der Waals surface area contributed by atoms with Crippen molar-refractivity contribution in [1.29, 1.82) is 0 Å². The van der Waals surface area contributed by atoms with Crippen LogP contribution in [-0.4, -0.2) is 29.4 Å². The third-order valence-corrected chi connectivity index (χ3v) is 12.1. The summed E-state index contributed by atoms with van der Waals surface area (Å²) in [5.74, 6) is 1.33. The molecule has 8 unspecified atom stereocenters. The lowest BCUT2D eigenvalue weighted by molar-refractivity contribution is -0.164. The monoisotopic (exact) mass is 512 g/mol. The minimum absolute atomic E-state index is 0.0204. The first-order valence-electron chi connectivity index (χ1n) is 14.8. The molecule has 0 amide bonds. The number of cyclic esters (lactones) is 1. The Morgan fingerprint density at radius 2 is 1.76 bits per heavy atom. The number of hydrogen-bond acceptors (Lipinski definition) is 5. The van der Waals surface area contributed by atoms with E-state index in [0.29, 0.717) is 36.4 Å². The first-order valence-corrected chi connectivity index (χ1v) is 14.8. The molecule has 4 fully saturated rings. The normalized spacial score (nSPS) is 44.8. The van der Waals surface area contributed by atoms with Gasteiger partial charge >= 0.3 is 11.9 Å². The summed E-state index contributed by atoms with van der Waals surface area (Å²) in [6, 6.07) is 0. The molecule has 0 aromatic heterocycles. The van der Waals surface area contributed by atoms with E-state index in [-0.39, 0.29) is 40.2 Å². The maximum Gasteiger partial charge on any atom is 0.313 e. The van der Waals surface area contributed by atoms with Gasteiger partial charge in [0.1, 0.15) is 17.5 Å². The smallest absolute Gasteiger partial charge is 0.313 e. The van der Waals surface area contributed by atoms with Crippen molar-refractivity contribution in [3.63, 3.8) is 0 Å². The van der Waals surface area contributed by atoms with Gasteiger partial charge in [0, 0.05) is 31.1 Å². The van der Waals surface area contributed by atoms with Crippen molar-refractivity contribution in [2.45, 2.75) is 125 Å². The van der Waals surface area contributed by atoms with Crippen molar-refractivity contribution in [2.24, 2.45) is 45.3 Å². The zero-order valence-corrected chi connectivity index (χ0v) is 24.4. The number of esters is 2. The Balaban J connectivity index is 1.50. The van der Waals surface area contributed by atoms with E-state index in [4.69, 9.17) is 9.47 Å². The molecule has 37 heavy (non-hydrogen) atoms. The SMILES string of the molecule is CC(=O)OC(CC(C)C)CC1(C)OC(=O)C23CC=C4C(CCC5C(C)(C)C(=O)CCC45C)C2(C)CCC13. The quantitative estimate of drug-likeness (QED) is 0.298. The van der Waals surface area contributed by atoms with E-state index < -0.39 is 11.0 Å². The summed E-state index contributed by atoms with van der Waals surface area (Å²) in [6.07, 6.45) is 9.90. The summed E-state index contributed by atoms with van der Waals surface area (Å²) in [6.45, 7) is 16.9. The molecule has 1 spiro atoms. The maximum atomic E-state index is 14.0. The summed E-state index contributed by atoms with van der Waals surface area (Å²) in [4.78, 5) is 38.8. The molecule has 1 aliphatic heterocycles. The predicted molar refractivity (Wildman–Crippen MR) is 142 cm³/mol. The van der Waals surface area contributed by atoms with Gasteiger partial charge in [-0.05, 0) is 80.5 Å². The zero-order chi connectivity index (χ0) is 27.2. The summed E-state index contributed by atoms with van der Waals surface area (Å²) in [7, 11) is 0. The molecule has 0 aromatic rings. The Morgan fingerprint density at radius 1 is 1.05 bits per heavy atom. The van der Waals surface area contributed by atoms with Crippen LogP contribution in [-0.2, 0) is 23.9 Å². The van der Waals surface area contributed by atoms with Crippen molar-refractivity contribution in [2.75, 3.05) is 0 Å². The predicted octanol–water partition coefficient (Wildman–Crippen LogP) is 6.82. The molecule has 4 aliphatic carbocycles. The number of ether oxygens (including phenoxy) is 2. The summed E-state index contributed by atoms with van der Waals surface area (Å²) in [5.41, 5.74) is -0.0394. The highest BCUT2D eigenvalue weighted by atomic mass is 16.6. The minimum atomic E-state index is -0.629. The molecule has 1 heterocycles. The van der Waals surface area contributed by atoms with E-state index in [1.807, 2.05) is 0 Å². The first-order chi connectivity index (χ1) is 17.1. The Bertz CT molecular complexity index is 1040. The van der Waals surface area contributed by atoms with Crippen molar-refractivity contribution >= 4 is 17.7 Å². The van der Waals surface area contributed by atoms with E-state index in [1.165, 1.54) is 12.5 Å². The van der Waals surface area contributed by atoms with Gasteiger partial charge < -0.3 is 9.47 Å². The minimum Gasteiger partial charge on any atom is -0.462 e. The lowest BCUT2D eigenvalue weighted by atomic mass is 9.41. The Kier molecular flexibility index (Phi) is 6.13. The Labute approximate surface area is 223 Å². The second-order valence-electron chi connectivity index (χ2n) is 14.9. The van der Waals surface area contributed by atoms with Crippen LogP contribution in [0.1, 0.15) is 113 Å². The lowest BCUT2D eigenvalue weighted by Gasteiger charge is -2.61. The van der Waals surface area contributed by atoms with Crippen molar-refractivity contribution in [1.82, 2.24) is 0 Å². The van der Waals surface area contributed by atoms with Crippen LogP contribution in [0.2, 0.25) is 0 Å². The van der Waals surface area contributed by atoms with Crippen LogP contribution in [0.25, 0.3) is 0 Å². The topological polar surface area (TPSA) is 69.7 Å². The highest BCUT2D eigenvalue weighted by Crippen LogP contribution is 2.75. The van der Waals surface area contributed by atoms with E-state index >= 15 is 0 Å². The van der Waals surface area contributed by atoms with E-state index in [1.54, 1.807) is 0 Å². The Hall–Kier alpha value is -1.65. The molecule has 1 saturated heterocycles. The average molecular weight is 513 g/mol. The number of ketones is 1. The molecule has 0 radical (unpaired) electrons. The zero-order valence-electron chi connectivity index (χ0n) is 24.4. The largest absolute Gasteiger partial charge is 0.462 e. The molecule has 5 aliphatic rings. The molecule has 5 rings (SSSR count). The van der Waals surface area contributed by atoms with Gasteiger partial charge in [0.05, 0.1) is 5.41 Å². The van der Waals surface area contributed by atoms with Crippen molar-refractivity contribution in [3.05, 3.63) is 11.6 Å². The number of Topliss-reactive ketones (excluding diaryl/α,β-unsaturated/α-hetero) is 1. The third-order valence-electron chi connectivity index (χ3n) is 12.1. The summed E-state index contributed by atoms with van der Waals surface area (Å²) < 4.78 is 12.1. The van der Waals surface area contributed by atoms with Gasteiger partial charge in [0.25, 0.3) is 0 Å². The van der Waals surface area contributed by atoms with Gasteiger partial charge in [0.2, 0.25) is 0 Å². The van der Waals surface area contributed by atoms with Crippen molar-refractivity contribution < 1.29 is 23.9 Å². The second-order valence-corrected chi connectivity index (χ2v) is 14.9. The highest BCUT2D eigenvalue weighted by Gasteiger charge is 2.76. The number of carbonyl (C=O) groups is 3. The van der Waals surface area contributed by atoms with E-state index in [9.17, 15) is 14.4 Å². The summed E-state index contributed by atoms with van der Waals surface area (Å²) >= 11 is 0. The van der Waals surface area contributed by atoms with Crippen LogP contribution in [0, 0.1) is 45.3 Å². The fraction of sp³-hybridized carbons (Fsp3) is 0.844. The van der Waals surface area contributed by atoms with Gasteiger partial charge in [-0.25, -0.2) is 0 Å². The number of allylic oxidation sites excluding steroid dienone is 2. The molecule has 206 valence electrons. The average Bonchev–Trinajstić information content (AvgIpc) is 3.20. The van der Waals surface area contributed by atoms with Crippen LogP contribution in [0.15, 0.2) is 11.6 Å². The molecule has 0 bridgehead atoms. The second kappa shape index (κ2) is 8.42. The number of hydrogen-bond donors (Lipinski definition) is 0. The van der Waals surface area contributed by atoms with Crippen LogP contribution >= 0.6 is 0 Å². The van der Waals surface area contributed by atoms with Crippen LogP contribution in [0.5, 0.6) is 0 Å². The van der Waals surface area contributed by atoms with Crippen LogP contribution < -0.4 is 0 Å². The number of rotatable bonds is 5. The molecule has 0 aromatic carbocycles. The molecular weight excluding hydrogens is 464 g/mol. The van der Waals surface area contributed by atoms with Gasteiger partial charge in [-0.15, -0.1) is 0 Å². The lowest BCUT2D eigenvalue weighted by Crippen LogP contribution is -2.58. The maximum absolute atomic E-state index is 14.0. The van der Waals surface area contributed by atoms with Crippen LogP contribution in [0.3, 0.4) is 0 Å². The molecule has 8 atom stereocenters. The number of fused-ring (bicyclic) bond motifs is 4.